The van der Waals surface area contributed by atoms with E-state index in [-0.39, 0.29) is 40.1 Å². The summed E-state index contributed by atoms with van der Waals surface area (Å²) in [4.78, 5) is 13.5. The normalized spacial score (nSPS) is 22.9. The van der Waals surface area contributed by atoms with Crippen molar-refractivity contribution < 1.29 is 55.5 Å². The van der Waals surface area contributed by atoms with E-state index in [0.717, 1.165) is 31.7 Å². The topological polar surface area (TPSA) is 209 Å². The summed E-state index contributed by atoms with van der Waals surface area (Å²) in [7, 11) is 0. The lowest BCUT2D eigenvalue weighted by Crippen LogP contribution is -2.55. The SMILES string of the molecule is CCCCCCCCCCCCOc1cc2c(c(O)c1[C@H]1O[C@@H](CO)[C@H](O)[C@@H](O)[C@@H]1O)C(=O)c1cc(O)c(O)cc1C2.O. The van der Waals surface area contributed by atoms with Crippen LogP contribution in [0.5, 0.6) is 23.0 Å². The summed E-state index contributed by atoms with van der Waals surface area (Å²) in [5.41, 5.74) is 0.834. The highest BCUT2D eigenvalue weighted by Gasteiger charge is 2.47. The molecule has 0 radical (unpaired) electrons. The number of unbranched alkanes of at least 4 members (excludes halogenated alkanes) is 9. The molecule has 1 aliphatic heterocycles. The molecular weight excluding hydrogens is 560 g/mol. The van der Waals surface area contributed by atoms with Gasteiger partial charge in [-0.1, -0.05) is 64.7 Å². The largest absolute Gasteiger partial charge is 0.507 e. The van der Waals surface area contributed by atoms with Gasteiger partial charge in [-0.25, -0.2) is 0 Å². The third kappa shape index (κ3) is 7.60. The average Bonchev–Trinajstić information content (AvgIpc) is 2.96. The minimum atomic E-state index is -1.70. The molecule has 2 aromatic rings. The van der Waals surface area contributed by atoms with Crippen LogP contribution < -0.4 is 4.74 Å². The second-order valence-corrected chi connectivity index (χ2v) is 11.5. The number of carbonyl (C=O) groups excluding carboxylic acids is 1. The Hall–Kier alpha value is -2.93. The highest BCUT2D eigenvalue weighted by molar-refractivity contribution is 6.14. The van der Waals surface area contributed by atoms with Crippen LogP contribution in [-0.4, -0.2) is 84.6 Å². The molecule has 0 unspecified atom stereocenters. The third-order valence-electron chi connectivity index (χ3n) is 8.37. The van der Waals surface area contributed by atoms with Gasteiger partial charge in [-0.15, -0.1) is 0 Å². The quantitative estimate of drug-likeness (QED) is 0.105. The Morgan fingerprint density at radius 3 is 2.05 bits per heavy atom. The minimum absolute atomic E-state index is 0. The molecule has 240 valence electrons. The molecule has 11 nitrogen and oxygen atoms in total. The highest BCUT2D eigenvalue weighted by atomic mass is 16.5. The van der Waals surface area contributed by atoms with Crippen LogP contribution >= 0.6 is 0 Å². The van der Waals surface area contributed by atoms with Crippen molar-refractivity contribution in [2.24, 2.45) is 0 Å². The molecule has 9 N–H and O–H groups in total. The van der Waals surface area contributed by atoms with Gasteiger partial charge in [-0.05, 0) is 42.2 Å². The standard InChI is InChI=1S/C32H44O10.H2O/c1-2-3-4-5-6-7-8-9-10-11-12-41-23-15-19-13-18-14-21(34)22(35)16-20(18)27(36)25(19)29(38)26(23)32-31(40)30(39)28(37)24(17-33)42-32;/h14-16,24,28,30-35,37-40H,2-13,17H2,1H3;1H2/t24-,28-,30+,31-,32+;/m0./s1. The van der Waals surface area contributed by atoms with E-state index in [1.165, 1.54) is 44.6 Å². The summed E-state index contributed by atoms with van der Waals surface area (Å²) >= 11 is 0. The molecule has 11 heteroatoms. The minimum Gasteiger partial charge on any atom is -0.507 e. The first-order valence-corrected chi connectivity index (χ1v) is 15.1. The number of aliphatic hydroxyl groups is 4. The fourth-order valence-corrected chi connectivity index (χ4v) is 5.93. The number of ketones is 1. The fourth-order valence-electron chi connectivity index (χ4n) is 5.93. The maximum atomic E-state index is 13.5. The predicted octanol–water partition coefficient (Wildman–Crippen LogP) is 2.93. The van der Waals surface area contributed by atoms with Gasteiger partial charge in [0, 0.05) is 5.56 Å². The van der Waals surface area contributed by atoms with Crippen LogP contribution in [0.25, 0.3) is 0 Å². The Morgan fingerprint density at radius 1 is 0.814 bits per heavy atom. The predicted molar refractivity (Wildman–Crippen MR) is 158 cm³/mol. The summed E-state index contributed by atoms with van der Waals surface area (Å²) in [6, 6.07) is 4.02. The molecule has 5 atom stereocenters. The van der Waals surface area contributed by atoms with E-state index in [1.54, 1.807) is 6.07 Å². The number of aliphatic hydroxyl groups excluding tert-OH is 4. The Morgan fingerprint density at radius 2 is 1.42 bits per heavy atom. The second-order valence-electron chi connectivity index (χ2n) is 11.5. The molecule has 1 heterocycles. The monoisotopic (exact) mass is 606 g/mol. The molecule has 1 fully saturated rings. The van der Waals surface area contributed by atoms with E-state index >= 15 is 0 Å². The lowest BCUT2D eigenvalue weighted by Gasteiger charge is -2.41. The molecule has 4 rings (SSSR count). The molecule has 43 heavy (non-hydrogen) atoms. The van der Waals surface area contributed by atoms with Crippen LogP contribution in [0, 0.1) is 0 Å². The number of aromatic hydroxyl groups is 3. The van der Waals surface area contributed by atoms with Gasteiger partial charge in [0.1, 0.15) is 42.0 Å². The smallest absolute Gasteiger partial charge is 0.197 e. The highest BCUT2D eigenvalue weighted by Crippen LogP contribution is 2.47. The van der Waals surface area contributed by atoms with Gasteiger partial charge in [0.25, 0.3) is 0 Å². The van der Waals surface area contributed by atoms with Crippen molar-refractivity contribution in [2.45, 2.75) is 108 Å². The van der Waals surface area contributed by atoms with E-state index in [4.69, 9.17) is 9.47 Å². The first kappa shape index (κ1) is 34.6. The van der Waals surface area contributed by atoms with E-state index in [9.17, 15) is 40.5 Å². The number of phenols is 3. The lowest BCUT2D eigenvalue weighted by atomic mass is 9.81. The molecule has 0 amide bonds. The number of hydrogen-bond donors (Lipinski definition) is 7. The van der Waals surface area contributed by atoms with Crippen LogP contribution in [-0.2, 0) is 11.2 Å². The van der Waals surface area contributed by atoms with E-state index in [0.29, 0.717) is 17.7 Å². The van der Waals surface area contributed by atoms with Gasteiger partial charge in [0.15, 0.2) is 17.3 Å². The molecule has 0 saturated carbocycles. The number of rotatable bonds is 14. The molecule has 2 aromatic carbocycles. The summed E-state index contributed by atoms with van der Waals surface area (Å²) in [6.45, 7) is 1.84. The Balaban J connectivity index is 0.00000506. The van der Waals surface area contributed by atoms with Gasteiger partial charge < -0.3 is 50.7 Å². The maximum Gasteiger partial charge on any atom is 0.197 e. The Bertz CT molecular complexity index is 1230. The molecule has 0 spiro atoms. The van der Waals surface area contributed by atoms with Crippen molar-refractivity contribution in [3.63, 3.8) is 0 Å². The summed E-state index contributed by atoms with van der Waals surface area (Å²) in [5, 5.41) is 72.7. The number of phenolic OH excluding ortho intramolecular Hbond substituents is 3. The number of carbonyl (C=O) groups is 1. The molecule has 0 aromatic heterocycles. The molecule has 0 bridgehead atoms. The molecule has 1 saturated heterocycles. The Kier molecular flexibility index (Phi) is 12.6. The number of ether oxygens (including phenoxy) is 2. The zero-order valence-electron chi connectivity index (χ0n) is 24.7. The van der Waals surface area contributed by atoms with Gasteiger partial charge in [-0.2, -0.15) is 0 Å². The molecule has 2 aliphatic rings. The molecular formula is C32H46O11. The van der Waals surface area contributed by atoms with Gasteiger partial charge in [0.05, 0.1) is 24.3 Å². The average molecular weight is 607 g/mol. The maximum absolute atomic E-state index is 13.5. The summed E-state index contributed by atoms with van der Waals surface area (Å²) in [6.07, 6.45) is 3.93. The summed E-state index contributed by atoms with van der Waals surface area (Å²) in [5.74, 6) is -1.82. The van der Waals surface area contributed by atoms with Crippen LogP contribution in [0.4, 0.5) is 0 Å². The lowest BCUT2D eigenvalue weighted by molar-refractivity contribution is -0.232. The van der Waals surface area contributed by atoms with Gasteiger partial charge in [0.2, 0.25) is 0 Å². The summed E-state index contributed by atoms with van der Waals surface area (Å²) < 4.78 is 11.8. The van der Waals surface area contributed by atoms with E-state index < -0.39 is 54.4 Å². The zero-order chi connectivity index (χ0) is 30.4. The van der Waals surface area contributed by atoms with Crippen molar-refractivity contribution >= 4 is 5.78 Å². The number of hydrogen-bond acceptors (Lipinski definition) is 10. The van der Waals surface area contributed by atoms with Gasteiger partial charge in [-0.3, -0.25) is 4.79 Å². The first-order chi connectivity index (χ1) is 20.2. The van der Waals surface area contributed by atoms with Crippen molar-refractivity contribution in [2.75, 3.05) is 13.2 Å². The van der Waals surface area contributed by atoms with Crippen molar-refractivity contribution in [1.82, 2.24) is 0 Å². The van der Waals surface area contributed by atoms with E-state index in [2.05, 4.69) is 6.92 Å². The van der Waals surface area contributed by atoms with Crippen LogP contribution in [0.2, 0.25) is 0 Å². The Labute approximate surface area is 251 Å². The van der Waals surface area contributed by atoms with E-state index in [1.807, 2.05) is 0 Å². The molecule has 1 aliphatic carbocycles. The third-order valence-corrected chi connectivity index (χ3v) is 8.37. The van der Waals surface area contributed by atoms with Gasteiger partial charge >= 0.3 is 0 Å². The fraction of sp³-hybridized carbons (Fsp3) is 0.594. The van der Waals surface area contributed by atoms with Crippen molar-refractivity contribution in [1.29, 1.82) is 0 Å². The number of fused-ring (bicyclic) bond motifs is 2. The van der Waals surface area contributed by atoms with Crippen LogP contribution in [0.3, 0.4) is 0 Å². The van der Waals surface area contributed by atoms with Crippen molar-refractivity contribution in [3.8, 4) is 23.0 Å². The van der Waals surface area contributed by atoms with Crippen LogP contribution in [0.15, 0.2) is 18.2 Å². The first-order valence-electron chi connectivity index (χ1n) is 15.1. The number of benzene rings is 2. The second kappa shape index (κ2) is 15.7. The van der Waals surface area contributed by atoms with Crippen molar-refractivity contribution in [3.05, 3.63) is 46.0 Å². The van der Waals surface area contributed by atoms with Crippen LogP contribution in [0.1, 0.15) is 110 Å². The zero-order valence-corrected chi connectivity index (χ0v) is 24.7.